The van der Waals surface area contributed by atoms with E-state index in [2.05, 4.69) is 60.1 Å². The van der Waals surface area contributed by atoms with Crippen molar-refractivity contribution in [1.29, 1.82) is 0 Å². The summed E-state index contributed by atoms with van der Waals surface area (Å²) in [4.78, 5) is 28.3. The van der Waals surface area contributed by atoms with Crippen molar-refractivity contribution in [3.05, 3.63) is 31.8 Å². The highest BCUT2D eigenvalue weighted by Gasteiger charge is 2.29. The third-order valence-electron chi connectivity index (χ3n) is 6.46. The number of nitrogens with zero attached hydrogens (tertiary/aromatic N) is 3. The third-order valence-corrected chi connectivity index (χ3v) is 9.52. The van der Waals surface area contributed by atoms with E-state index in [0.717, 1.165) is 42.6 Å². The second kappa shape index (κ2) is 11.5. The first kappa shape index (κ1) is 26.9. The number of aryl methyl sites for hydroxylation is 1. The monoisotopic (exact) mass is 546 g/mol. The molecule has 1 unspecified atom stereocenters. The number of hydrogen-bond donors (Lipinski definition) is 1. The Morgan fingerprint density at radius 3 is 2.78 bits per heavy atom. The fraction of sp³-hybridized carbons (Fsp3) is 0.538. The summed E-state index contributed by atoms with van der Waals surface area (Å²) in [5.41, 5.74) is 4.00. The molecule has 7 nitrogen and oxygen atoms in total. The van der Waals surface area contributed by atoms with Crippen LogP contribution in [0, 0.1) is 12.8 Å². The molecule has 10 heteroatoms. The second-order valence-corrected chi connectivity index (χ2v) is 12.6. The number of anilines is 1. The van der Waals surface area contributed by atoms with Crippen LogP contribution in [-0.4, -0.2) is 39.0 Å². The molecule has 1 amide bonds. The highest BCUT2D eigenvalue weighted by atomic mass is 32.2. The first-order valence-electron chi connectivity index (χ1n) is 12.5. The van der Waals surface area contributed by atoms with Gasteiger partial charge in [-0.3, -0.25) is 9.36 Å². The average molecular weight is 547 g/mol. The van der Waals surface area contributed by atoms with Crippen LogP contribution in [0.3, 0.4) is 0 Å². The van der Waals surface area contributed by atoms with Gasteiger partial charge in [-0.25, -0.2) is 4.79 Å². The summed E-state index contributed by atoms with van der Waals surface area (Å²) in [6.45, 7) is 12.8. The molecule has 0 radical (unpaired) electrons. The lowest BCUT2D eigenvalue weighted by molar-refractivity contribution is -0.113. The summed E-state index contributed by atoms with van der Waals surface area (Å²) >= 11 is 4.61. The van der Waals surface area contributed by atoms with Gasteiger partial charge in [0.15, 0.2) is 11.0 Å². The Balaban J connectivity index is 1.53. The summed E-state index contributed by atoms with van der Waals surface area (Å²) in [6, 6.07) is 0.145. The lowest BCUT2D eigenvalue weighted by Crippen LogP contribution is -2.18. The zero-order valence-corrected chi connectivity index (χ0v) is 24.2. The van der Waals surface area contributed by atoms with E-state index >= 15 is 0 Å². The Morgan fingerprint density at radius 2 is 2.08 bits per heavy atom. The molecule has 1 atom stereocenters. The van der Waals surface area contributed by atoms with Crippen molar-refractivity contribution >= 4 is 51.3 Å². The summed E-state index contributed by atoms with van der Waals surface area (Å²) in [6.07, 6.45) is 3.75. The minimum absolute atomic E-state index is 0.145. The summed E-state index contributed by atoms with van der Waals surface area (Å²) in [5.74, 6) is 1.07. The molecule has 194 valence electrons. The van der Waals surface area contributed by atoms with Gasteiger partial charge < -0.3 is 10.1 Å². The van der Waals surface area contributed by atoms with Crippen LogP contribution in [0.2, 0.25) is 0 Å². The molecule has 4 rings (SSSR count). The summed E-state index contributed by atoms with van der Waals surface area (Å²) in [5, 5.41) is 15.4. The van der Waals surface area contributed by atoms with Gasteiger partial charge in [-0.1, -0.05) is 25.6 Å². The maximum absolute atomic E-state index is 13.0. The number of aromatic nitrogens is 3. The highest BCUT2D eigenvalue weighted by Crippen LogP contribution is 2.40. The van der Waals surface area contributed by atoms with Crippen LogP contribution in [-0.2, 0) is 28.8 Å². The number of nitrogens with one attached hydrogen (secondary N) is 1. The zero-order chi connectivity index (χ0) is 26.0. The fourth-order valence-corrected chi connectivity index (χ4v) is 7.90. The van der Waals surface area contributed by atoms with Crippen LogP contribution in [0.15, 0.2) is 10.5 Å². The minimum Gasteiger partial charge on any atom is -0.462 e. The van der Waals surface area contributed by atoms with Crippen molar-refractivity contribution in [2.24, 2.45) is 5.92 Å². The Labute approximate surface area is 225 Å². The van der Waals surface area contributed by atoms with E-state index in [9.17, 15) is 9.59 Å². The first-order chi connectivity index (χ1) is 17.2. The topological polar surface area (TPSA) is 86.1 Å². The minimum atomic E-state index is -0.352. The van der Waals surface area contributed by atoms with Crippen molar-refractivity contribution < 1.29 is 14.3 Å². The lowest BCUT2D eigenvalue weighted by Gasteiger charge is -2.18. The number of thiophene rings is 2. The van der Waals surface area contributed by atoms with Crippen LogP contribution in [0.25, 0.3) is 11.4 Å². The molecule has 0 saturated carbocycles. The molecule has 0 spiro atoms. The number of fused-ring (bicyclic) bond motifs is 1. The van der Waals surface area contributed by atoms with Gasteiger partial charge >= 0.3 is 5.97 Å². The molecule has 1 aliphatic rings. The van der Waals surface area contributed by atoms with Crippen molar-refractivity contribution in [2.45, 2.75) is 78.4 Å². The van der Waals surface area contributed by atoms with E-state index in [1.165, 1.54) is 38.4 Å². The molecule has 1 aliphatic carbocycles. The van der Waals surface area contributed by atoms with Crippen LogP contribution in [0.4, 0.5) is 5.00 Å². The van der Waals surface area contributed by atoms with Gasteiger partial charge in [0.1, 0.15) is 5.00 Å². The van der Waals surface area contributed by atoms with E-state index in [-0.39, 0.29) is 23.7 Å². The van der Waals surface area contributed by atoms with Crippen LogP contribution in [0.5, 0.6) is 0 Å². The zero-order valence-electron chi connectivity index (χ0n) is 21.8. The van der Waals surface area contributed by atoms with Crippen molar-refractivity contribution in [3.8, 4) is 11.4 Å². The average Bonchev–Trinajstić information content (AvgIpc) is 3.51. The fourth-order valence-electron chi connectivity index (χ4n) is 4.68. The number of carbonyl (C=O) groups excluding carboxylic acids is 2. The molecular weight excluding hydrogens is 513 g/mol. The van der Waals surface area contributed by atoms with Gasteiger partial charge in [-0.15, -0.1) is 32.9 Å². The molecule has 1 N–H and O–H groups in total. The van der Waals surface area contributed by atoms with Gasteiger partial charge in [0, 0.05) is 26.7 Å². The predicted molar refractivity (Wildman–Crippen MR) is 149 cm³/mol. The molecule has 3 aromatic rings. The Morgan fingerprint density at radius 1 is 1.31 bits per heavy atom. The molecular formula is C26H34N4O3S3. The lowest BCUT2D eigenvalue weighted by atomic mass is 9.88. The van der Waals surface area contributed by atoms with Gasteiger partial charge in [0.2, 0.25) is 5.91 Å². The van der Waals surface area contributed by atoms with E-state index < -0.39 is 0 Å². The standard InChI is InChI=1S/C26H34N4O3S3/c1-7-17-16(6)34-12-19(17)23-28-29-26(30(23)14(3)4)35-13-21(31)27-24-22(25(32)33-8-2)18-10-9-15(5)11-20(18)36-24/h12,14-15H,7-11,13H2,1-6H3,(H,27,31). The number of hydrogen-bond acceptors (Lipinski definition) is 8. The Kier molecular flexibility index (Phi) is 8.57. The molecule has 0 aliphatic heterocycles. The van der Waals surface area contributed by atoms with E-state index in [4.69, 9.17) is 4.74 Å². The van der Waals surface area contributed by atoms with Crippen molar-refractivity contribution in [2.75, 3.05) is 17.7 Å². The van der Waals surface area contributed by atoms with Gasteiger partial charge in [-0.05, 0) is 70.4 Å². The van der Waals surface area contributed by atoms with E-state index in [1.54, 1.807) is 18.3 Å². The molecule has 0 fully saturated rings. The van der Waals surface area contributed by atoms with Gasteiger partial charge in [0.05, 0.1) is 17.9 Å². The van der Waals surface area contributed by atoms with E-state index in [1.807, 2.05) is 0 Å². The number of esters is 1. The van der Waals surface area contributed by atoms with Crippen molar-refractivity contribution in [1.82, 2.24) is 14.8 Å². The van der Waals surface area contributed by atoms with Crippen LogP contribution < -0.4 is 5.32 Å². The number of thioether (sulfide) groups is 1. The van der Waals surface area contributed by atoms with Gasteiger partial charge in [-0.2, -0.15) is 0 Å². The number of carbonyl (C=O) groups is 2. The molecule has 3 heterocycles. The largest absolute Gasteiger partial charge is 0.462 e. The summed E-state index contributed by atoms with van der Waals surface area (Å²) in [7, 11) is 0. The Hall–Kier alpha value is -2.17. The highest BCUT2D eigenvalue weighted by molar-refractivity contribution is 7.99. The molecule has 0 bridgehead atoms. The number of ether oxygens (including phenoxy) is 1. The molecule has 0 aromatic carbocycles. The smallest absolute Gasteiger partial charge is 0.341 e. The second-order valence-electron chi connectivity index (χ2n) is 9.42. The van der Waals surface area contributed by atoms with Crippen molar-refractivity contribution in [3.63, 3.8) is 0 Å². The first-order valence-corrected chi connectivity index (χ1v) is 15.2. The molecule has 3 aromatic heterocycles. The molecule has 36 heavy (non-hydrogen) atoms. The van der Waals surface area contributed by atoms with Crippen LogP contribution in [0.1, 0.15) is 78.3 Å². The maximum Gasteiger partial charge on any atom is 0.341 e. The maximum atomic E-state index is 13.0. The quantitative estimate of drug-likeness (QED) is 0.242. The van der Waals surface area contributed by atoms with Crippen LogP contribution >= 0.6 is 34.4 Å². The Bertz CT molecular complexity index is 1260. The normalized spacial score (nSPS) is 15.2. The summed E-state index contributed by atoms with van der Waals surface area (Å²) < 4.78 is 7.43. The number of amides is 1. The van der Waals surface area contributed by atoms with E-state index in [0.29, 0.717) is 28.2 Å². The number of rotatable bonds is 9. The SMILES string of the molecule is CCOC(=O)c1c(NC(=O)CSc2nnc(-c3csc(C)c3CC)n2C(C)C)sc2c1CCC(C)C2. The molecule has 0 saturated heterocycles. The third kappa shape index (κ3) is 5.40. The van der Waals surface area contributed by atoms with Gasteiger partial charge in [0.25, 0.3) is 0 Å². The predicted octanol–water partition coefficient (Wildman–Crippen LogP) is 6.55.